The minimum absolute atomic E-state index is 0.0439. The van der Waals surface area contributed by atoms with Crippen molar-refractivity contribution in [3.63, 3.8) is 0 Å². The summed E-state index contributed by atoms with van der Waals surface area (Å²) < 4.78 is 89.1. The largest absolute Gasteiger partial charge is 0.438 e. The van der Waals surface area contributed by atoms with Crippen LogP contribution in [0, 0.1) is 11.3 Å². The second-order valence-corrected chi connectivity index (χ2v) is 7.35. The van der Waals surface area contributed by atoms with Gasteiger partial charge in [0.15, 0.2) is 6.79 Å². The van der Waals surface area contributed by atoms with E-state index in [4.69, 9.17) is 4.74 Å². The number of halogens is 6. The van der Waals surface area contributed by atoms with Crippen LogP contribution in [-0.2, 0) is 19.0 Å². The molecule has 160 valence electrons. The lowest BCUT2D eigenvalue weighted by atomic mass is 9.68. The van der Waals surface area contributed by atoms with Gasteiger partial charge in [0, 0.05) is 13.0 Å². The Labute approximate surface area is 154 Å². The van der Waals surface area contributed by atoms with Gasteiger partial charge in [-0.25, -0.2) is 0 Å². The Morgan fingerprint density at radius 3 is 2.00 bits per heavy atom. The molecule has 0 amide bonds. The van der Waals surface area contributed by atoms with E-state index in [1.165, 1.54) is 7.11 Å². The Morgan fingerprint density at radius 2 is 1.59 bits per heavy atom. The molecule has 2 fully saturated rings. The fourth-order valence-electron chi connectivity index (χ4n) is 3.12. The molecule has 2 aliphatic rings. The number of alkyl halides is 6. The van der Waals surface area contributed by atoms with Crippen molar-refractivity contribution >= 4 is 5.97 Å². The molecular weight excluding hydrogens is 382 g/mol. The summed E-state index contributed by atoms with van der Waals surface area (Å²) in [6.07, 6.45) is -9.62. The quantitative estimate of drug-likeness (QED) is 0.373. The van der Waals surface area contributed by atoms with Crippen LogP contribution in [0.4, 0.5) is 26.3 Å². The van der Waals surface area contributed by atoms with E-state index in [1.807, 2.05) is 20.8 Å². The zero-order valence-electron chi connectivity index (χ0n) is 15.8. The van der Waals surface area contributed by atoms with Crippen LogP contribution in [0.15, 0.2) is 0 Å². The van der Waals surface area contributed by atoms with Crippen LogP contribution in [0.1, 0.15) is 52.9 Å². The summed E-state index contributed by atoms with van der Waals surface area (Å²) in [5, 5.41) is 0. The van der Waals surface area contributed by atoms with E-state index in [9.17, 15) is 31.1 Å². The molecule has 4 nitrogen and oxygen atoms in total. The number of methoxy groups -OCH3 is 1. The number of hydrogen-bond donors (Lipinski definition) is 0. The zero-order chi connectivity index (χ0) is 21.1. The molecule has 2 unspecified atom stereocenters. The van der Waals surface area contributed by atoms with Crippen LogP contribution in [-0.4, -0.2) is 43.9 Å². The second kappa shape index (κ2) is 8.55. The molecule has 10 heteroatoms. The van der Waals surface area contributed by atoms with Crippen molar-refractivity contribution in [1.29, 1.82) is 0 Å². The lowest BCUT2D eigenvalue weighted by Crippen LogP contribution is -2.75. The molecule has 0 bridgehead atoms. The molecule has 2 atom stereocenters. The Kier molecular flexibility index (Phi) is 7.60. The fraction of sp³-hybridized carbons (Fsp3) is 0.941. The predicted octanol–water partition coefficient (Wildman–Crippen LogP) is 5.01. The monoisotopic (exact) mass is 408 g/mol. The maximum atomic E-state index is 12.6. The van der Waals surface area contributed by atoms with Gasteiger partial charge in [-0.1, -0.05) is 19.8 Å². The van der Waals surface area contributed by atoms with E-state index in [0.717, 1.165) is 6.42 Å². The summed E-state index contributed by atoms with van der Waals surface area (Å²) in [6.45, 7) is 5.70. The van der Waals surface area contributed by atoms with Crippen molar-refractivity contribution in [2.24, 2.45) is 11.3 Å². The maximum absolute atomic E-state index is 12.6. The average Bonchev–Trinajstić information content (AvgIpc) is 2.51. The van der Waals surface area contributed by atoms with Gasteiger partial charge in [0.05, 0.1) is 11.5 Å². The standard InChI is InChI=1S/C9H10F6O.C8H16O3/c10-8(11,12)7(9(13,14)15)5-3-1-2-4-6(5)16-7;1-5-8(2,3)7(9)11-6-10-4/h5-6H,1-4H2;5-6H2,1-4H3. The van der Waals surface area contributed by atoms with Crippen molar-refractivity contribution in [2.75, 3.05) is 13.9 Å². The number of ether oxygens (including phenoxy) is 3. The lowest BCUT2D eigenvalue weighted by molar-refractivity contribution is -0.469. The van der Waals surface area contributed by atoms with E-state index >= 15 is 0 Å². The van der Waals surface area contributed by atoms with Gasteiger partial charge in [-0.05, 0) is 33.1 Å². The fourth-order valence-corrected chi connectivity index (χ4v) is 3.12. The van der Waals surface area contributed by atoms with Gasteiger partial charge >= 0.3 is 18.3 Å². The third-order valence-corrected chi connectivity index (χ3v) is 5.15. The summed E-state index contributed by atoms with van der Waals surface area (Å²) in [7, 11) is 1.49. The highest BCUT2D eigenvalue weighted by atomic mass is 19.4. The number of rotatable bonds is 4. The van der Waals surface area contributed by atoms with E-state index in [1.54, 1.807) is 0 Å². The highest BCUT2D eigenvalue weighted by molar-refractivity contribution is 5.75. The normalized spacial score (nSPS) is 24.8. The Bertz CT molecular complexity index is 487. The number of carbonyl (C=O) groups is 1. The highest BCUT2D eigenvalue weighted by Crippen LogP contribution is 2.61. The summed E-state index contributed by atoms with van der Waals surface area (Å²) in [5.74, 6) is -1.66. The topological polar surface area (TPSA) is 44.8 Å². The highest BCUT2D eigenvalue weighted by Gasteiger charge is 2.82. The van der Waals surface area contributed by atoms with Crippen molar-refractivity contribution < 1.29 is 45.3 Å². The van der Waals surface area contributed by atoms with Gasteiger partial charge in [-0.3, -0.25) is 4.79 Å². The molecule has 0 aromatic rings. The molecule has 27 heavy (non-hydrogen) atoms. The van der Waals surface area contributed by atoms with Crippen LogP contribution in [0.3, 0.4) is 0 Å². The summed E-state index contributed by atoms with van der Waals surface area (Å²) in [5.41, 5.74) is -4.30. The summed E-state index contributed by atoms with van der Waals surface area (Å²) in [6, 6.07) is 0. The van der Waals surface area contributed by atoms with Crippen molar-refractivity contribution in [1.82, 2.24) is 0 Å². The van der Waals surface area contributed by atoms with Gasteiger partial charge in [0.2, 0.25) is 0 Å². The molecule has 0 aromatic heterocycles. The van der Waals surface area contributed by atoms with Gasteiger partial charge < -0.3 is 14.2 Å². The van der Waals surface area contributed by atoms with Crippen LogP contribution < -0.4 is 0 Å². The molecule has 1 heterocycles. The SMILES string of the molecule is CCC(C)(C)C(=O)OCOC.FC(F)(F)C1(C(F)(F)F)OC2CCCCC21. The Morgan fingerprint density at radius 1 is 1.07 bits per heavy atom. The van der Waals surface area contributed by atoms with E-state index in [-0.39, 0.29) is 19.2 Å². The van der Waals surface area contributed by atoms with E-state index in [2.05, 4.69) is 9.47 Å². The molecule has 0 radical (unpaired) electrons. The molecule has 2 rings (SSSR count). The predicted molar refractivity (Wildman–Crippen MR) is 83.7 cm³/mol. The summed E-state index contributed by atoms with van der Waals surface area (Å²) in [4.78, 5) is 11.2. The first-order chi connectivity index (χ1) is 12.2. The van der Waals surface area contributed by atoms with Crippen molar-refractivity contribution in [3.8, 4) is 0 Å². The molecule has 1 aliphatic carbocycles. The van der Waals surface area contributed by atoms with Crippen molar-refractivity contribution in [3.05, 3.63) is 0 Å². The van der Waals surface area contributed by atoms with Crippen LogP contribution in [0.5, 0.6) is 0 Å². The zero-order valence-corrected chi connectivity index (χ0v) is 15.8. The molecular formula is C17H26F6O4. The maximum Gasteiger partial charge on any atom is 0.426 e. The number of carbonyl (C=O) groups excluding carboxylic acids is 1. The van der Waals surface area contributed by atoms with E-state index < -0.39 is 35.4 Å². The molecule has 1 saturated carbocycles. The van der Waals surface area contributed by atoms with Gasteiger partial charge in [-0.2, -0.15) is 26.3 Å². The first-order valence-corrected chi connectivity index (χ1v) is 8.72. The average molecular weight is 408 g/mol. The van der Waals surface area contributed by atoms with Gasteiger partial charge in [-0.15, -0.1) is 0 Å². The minimum Gasteiger partial charge on any atom is -0.438 e. The third-order valence-electron chi connectivity index (χ3n) is 5.15. The van der Waals surface area contributed by atoms with Crippen LogP contribution in [0.25, 0.3) is 0 Å². The first-order valence-electron chi connectivity index (χ1n) is 8.72. The third kappa shape index (κ3) is 4.88. The Balaban J connectivity index is 0.000000293. The van der Waals surface area contributed by atoms with Gasteiger partial charge in [0.1, 0.15) is 0 Å². The first kappa shape index (κ1) is 24.0. The number of fused-ring (bicyclic) bond motifs is 1. The number of hydrogen-bond acceptors (Lipinski definition) is 4. The van der Waals surface area contributed by atoms with Crippen LogP contribution >= 0.6 is 0 Å². The molecule has 1 saturated heterocycles. The summed E-state index contributed by atoms with van der Waals surface area (Å²) >= 11 is 0. The van der Waals surface area contributed by atoms with Crippen LogP contribution in [0.2, 0.25) is 0 Å². The number of esters is 1. The van der Waals surface area contributed by atoms with Gasteiger partial charge in [0.25, 0.3) is 5.60 Å². The molecule has 0 N–H and O–H groups in total. The molecule has 0 spiro atoms. The minimum atomic E-state index is -5.39. The van der Waals surface area contributed by atoms with E-state index in [0.29, 0.717) is 19.3 Å². The Hall–Kier alpha value is -1.03. The van der Waals surface area contributed by atoms with Crippen molar-refractivity contribution in [2.45, 2.75) is 76.9 Å². The molecule has 0 aromatic carbocycles. The molecule has 1 aliphatic heterocycles. The second-order valence-electron chi connectivity index (χ2n) is 7.35. The smallest absolute Gasteiger partial charge is 0.426 e. The lowest BCUT2D eigenvalue weighted by Gasteiger charge is -2.57.